The Morgan fingerprint density at radius 1 is 1.38 bits per heavy atom. The van der Waals surface area contributed by atoms with Gasteiger partial charge in [0.1, 0.15) is 5.52 Å². The van der Waals surface area contributed by atoms with E-state index in [9.17, 15) is 0 Å². The number of oxazole rings is 1. The van der Waals surface area contributed by atoms with Crippen LogP contribution in [0, 0.1) is 13.8 Å². The molecule has 0 saturated carbocycles. The number of rotatable bonds is 1. The minimum atomic E-state index is 0.354. The Morgan fingerprint density at radius 3 is 2.85 bits per heavy atom. The number of aryl methyl sites for hydroxylation is 2. The first-order valence-electron chi connectivity index (χ1n) is 4.27. The molecule has 0 unspecified atom stereocenters. The molecule has 0 aliphatic carbocycles. The van der Waals surface area contributed by atoms with Gasteiger partial charge in [-0.15, -0.1) is 0 Å². The third-order valence-corrected chi connectivity index (χ3v) is 2.04. The summed E-state index contributed by atoms with van der Waals surface area (Å²) in [6.07, 6.45) is 0. The second kappa shape index (κ2) is 2.85. The first-order chi connectivity index (χ1) is 6.20. The van der Waals surface area contributed by atoms with Crippen LogP contribution in [0.5, 0.6) is 0 Å². The molecule has 0 aliphatic heterocycles. The van der Waals surface area contributed by atoms with Crippen molar-refractivity contribution in [2.45, 2.75) is 20.4 Å². The number of benzene rings is 1. The maximum Gasteiger partial charge on any atom is 0.209 e. The lowest BCUT2D eigenvalue weighted by Gasteiger charge is -1.94. The molecule has 0 bridgehead atoms. The normalized spacial score (nSPS) is 11.0. The van der Waals surface area contributed by atoms with Crippen molar-refractivity contribution in [1.82, 2.24) is 4.98 Å². The van der Waals surface area contributed by atoms with E-state index in [0.717, 1.165) is 16.7 Å². The zero-order valence-corrected chi connectivity index (χ0v) is 7.79. The fourth-order valence-corrected chi connectivity index (χ4v) is 1.51. The molecule has 0 aliphatic rings. The molecule has 3 heteroatoms. The summed E-state index contributed by atoms with van der Waals surface area (Å²) in [5, 5.41) is 0. The van der Waals surface area contributed by atoms with Crippen LogP contribution in [0.3, 0.4) is 0 Å². The Hall–Kier alpha value is -1.35. The molecule has 68 valence electrons. The van der Waals surface area contributed by atoms with Crippen LogP contribution >= 0.6 is 0 Å². The monoisotopic (exact) mass is 176 g/mol. The van der Waals surface area contributed by atoms with Crippen molar-refractivity contribution in [3.63, 3.8) is 0 Å². The molecule has 0 amide bonds. The molecule has 13 heavy (non-hydrogen) atoms. The topological polar surface area (TPSA) is 52.0 Å². The Kier molecular flexibility index (Phi) is 1.81. The van der Waals surface area contributed by atoms with E-state index in [4.69, 9.17) is 10.2 Å². The minimum absolute atomic E-state index is 0.354. The molecule has 3 nitrogen and oxygen atoms in total. The maximum atomic E-state index is 5.47. The molecule has 1 heterocycles. The molecule has 0 saturated heterocycles. The molecular formula is C10H12N2O. The third-order valence-electron chi connectivity index (χ3n) is 2.04. The summed E-state index contributed by atoms with van der Waals surface area (Å²) in [6, 6.07) is 4.08. The largest absolute Gasteiger partial charge is 0.439 e. The third kappa shape index (κ3) is 1.31. The number of aromatic nitrogens is 1. The van der Waals surface area contributed by atoms with Gasteiger partial charge < -0.3 is 10.2 Å². The number of hydrogen-bond donors (Lipinski definition) is 1. The second-order valence-corrected chi connectivity index (χ2v) is 3.24. The van der Waals surface area contributed by atoms with E-state index in [1.165, 1.54) is 5.56 Å². The first kappa shape index (κ1) is 8.26. The maximum absolute atomic E-state index is 5.47. The van der Waals surface area contributed by atoms with Gasteiger partial charge in [0, 0.05) is 0 Å². The molecule has 0 radical (unpaired) electrons. The first-order valence-corrected chi connectivity index (χ1v) is 4.27. The SMILES string of the molecule is Cc1cc(C)c2oc(CN)nc2c1. The molecule has 0 atom stereocenters. The summed E-state index contributed by atoms with van der Waals surface area (Å²) < 4.78 is 5.47. The van der Waals surface area contributed by atoms with E-state index in [-0.39, 0.29) is 0 Å². The van der Waals surface area contributed by atoms with Gasteiger partial charge in [-0.2, -0.15) is 0 Å². The van der Waals surface area contributed by atoms with Gasteiger partial charge >= 0.3 is 0 Å². The highest BCUT2D eigenvalue weighted by atomic mass is 16.3. The molecular weight excluding hydrogens is 164 g/mol. The Bertz CT molecular complexity index is 445. The van der Waals surface area contributed by atoms with Crippen LogP contribution in [0.4, 0.5) is 0 Å². The van der Waals surface area contributed by atoms with Crippen molar-refractivity contribution in [1.29, 1.82) is 0 Å². The van der Waals surface area contributed by atoms with Gasteiger partial charge in [-0.05, 0) is 31.0 Å². The van der Waals surface area contributed by atoms with E-state index in [1.807, 2.05) is 19.9 Å². The minimum Gasteiger partial charge on any atom is -0.439 e. The van der Waals surface area contributed by atoms with E-state index in [1.54, 1.807) is 0 Å². The number of nitrogens with zero attached hydrogens (tertiary/aromatic N) is 1. The van der Waals surface area contributed by atoms with Gasteiger partial charge in [0.2, 0.25) is 5.89 Å². The van der Waals surface area contributed by atoms with Crippen molar-refractivity contribution >= 4 is 11.1 Å². The van der Waals surface area contributed by atoms with E-state index in [0.29, 0.717) is 12.4 Å². The van der Waals surface area contributed by atoms with Gasteiger partial charge in [-0.25, -0.2) is 4.98 Å². The Labute approximate surface area is 76.6 Å². The fourth-order valence-electron chi connectivity index (χ4n) is 1.51. The predicted octanol–water partition coefficient (Wildman–Crippen LogP) is 1.90. The molecule has 0 spiro atoms. The Morgan fingerprint density at radius 2 is 2.15 bits per heavy atom. The van der Waals surface area contributed by atoms with Gasteiger partial charge in [0.25, 0.3) is 0 Å². The van der Waals surface area contributed by atoms with E-state index >= 15 is 0 Å². The molecule has 2 aromatic rings. The van der Waals surface area contributed by atoms with Crippen molar-refractivity contribution in [3.05, 3.63) is 29.2 Å². The fraction of sp³-hybridized carbons (Fsp3) is 0.300. The quantitative estimate of drug-likeness (QED) is 0.722. The summed E-state index contributed by atoms with van der Waals surface area (Å²) in [5.41, 5.74) is 9.51. The molecule has 0 fully saturated rings. The molecule has 2 rings (SSSR count). The summed E-state index contributed by atoms with van der Waals surface area (Å²) in [7, 11) is 0. The molecule has 1 aromatic carbocycles. The Balaban J connectivity index is 2.75. The van der Waals surface area contributed by atoms with Crippen molar-refractivity contribution in [2.24, 2.45) is 5.73 Å². The summed E-state index contributed by atoms with van der Waals surface area (Å²) in [4.78, 5) is 4.26. The van der Waals surface area contributed by atoms with Crippen LogP contribution in [-0.4, -0.2) is 4.98 Å². The zero-order valence-electron chi connectivity index (χ0n) is 7.79. The molecule has 1 aromatic heterocycles. The van der Waals surface area contributed by atoms with Crippen LogP contribution < -0.4 is 5.73 Å². The molecule has 2 N–H and O–H groups in total. The van der Waals surface area contributed by atoms with Crippen LogP contribution in [0.25, 0.3) is 11.1 Å². The lowest BCUT2D eigenvalue weighted by Crippen LogP contribution is -1.94. The summed E-state index contributed by atoms with van der Waals surface area (Å²) >= 11 is 0. The van der Waals surface area contributed by atoms with Crippen molar-refractivity contribution < 1.29 is 4.42 Å². The summed E-state index contributed by atoms with van der Waals surface area (Å²) in [6.45, 7) is 4.41. The van der Waals surface area contributed by atoms with Crippen LogP contribution in [0.1, 0.15) is 17.0 Å². The zero-order chi connectivity index (χ0) is 9.42. The number of nitrogens with two attached hydrogens (primary N) is 1. The van der Waals surface area contributed by atoms with Gasteiger partial charge in [0.05, 0.1) is 6.54 Å². The number of hydrogen-bond acceptors (Lipinski definition) is 3. The number of fused-ring (bicyclic) bond motifs is 1. The highest BCUT2D eigenvalue weighted by Gasteiger charge is 2.06. The second-order valence-electron chi connectivity index (χ2n) is 3.24. The van der Waals surface area contributed by atoms with Gasteiger partial charge in [-0.3, -0.25) is 0 Å². The van der Waals surface area contributed by atoms with E-state index in [2.05, 4.69) is 11.1 Å². The summed E-state index contributed by atoms with van der Waals surface area (Å²) in [5.74, 6) is 0.601. The average Bonchev–Trinajstić information content (AvgIpc) is 2.47. The van der Waals surface area contributed by atoms with Crippen LogP contribution in [0.2, 0.25) is 0 Å². The standard InChI is InChI=1S/C10H12N2O/c1-6-3-7(2)10-8(4-6)12-9(5-11)13-10/h3-4H,5,11H2,1-2H3. The van der Waals surface area contributed by atoms with Crippen LogP contribution in [-0.2, 0) is 6.54 Å². The smallest absolute Gasteiger partial charge is 0.209 e. The van der Waals surface area contributed by atoms with Crippen LogP contribution in [0.15, 0.2) is 16.5 Å². The highest BCUT2D eigenvalue weighted by molar-refractivity contribution is 5.77. The predicted molar refractivity (Wildman–Crippen MR) is 51.4 cm³/mol. The van der Waals surface area contributed by atoms with Gasteiger partial charge in [-0.1, -0.05) is 6.07 Å². The average molecular weight is 176 g/mol. The lowest BCUT2D eigenvalue weighted by atomic mass is 10.1. The van der Waals surface area contributed by atoms with Gasteiger partial charge in [0.15, 0.2) is 5.58 Å². The van der Waals surface area contributed by atoms with Crippen molar-refractivity contribution in [2.75, 3.05) is 0 Å². The van der Waals surface area contributed by atoms with E-state index < -0.39 is 0 Å². The highest BCUT2D eigenvalue weighted by Crippen LogP contribution is 2.20. The lowest BCUT2D eigenvalue weighted by molar-refractivity contribution is 0.531. The van der Waals surface area contributed by atoms with Crippen molar-refractivity contribution in [3.8, 4) is 0 Å².